The van der Waals surface area contributed by atoms with Crippen LogP contribution in [0.1, 0.15) is 11.1 Å². The molecule has 6 nitrogen and oxygen atoms in total. The number of nitrogens with one attached hydrogen (secondary N) is 1. The van der Waals surface area contributed by atoms with Gasteiger partial charge in [-0.15, -0.1) is 11.8 Å². The molecule has 2 aromatic carbocycles. The molecule has 1 aliphatic heterocycles. The molecule has 0 bridgehead atoms. The third-order valence-corrected chi connectivity index (χ3v) is 7.17. The maximum absolute atomic E-state index is 12.4. The van der Waals surface area contributed by atoms with Crippen molar-refractivity contribution in [2.75, 3.05) is 32.0 Å². The molecule has 1 unspecified atom stereocenters. The van der Waals surface area contributed by atoms with Gasteiger partial charge >= 0.3 is 5.63 Å². The minimum Gasteiger partial charge on any atom is -0.423 e. The molecular weight excluding hydrogens is 483 g/mol. The number of hydrogen-bond donors (Lipinski definition) is 1. The quantitative estimate of drug-likeness (QED) is 0.375. The summed E-state index contributed by atoms with van der Waals surface area (Å²) in [5.74, 6) is 0.192. The van der Waals surface area contributed by atoms with Crippen molar-refractivity contribution in [3.8, 4) is 0 Å². The van der Waals surface area contributed by atoms with Gasteiger partial charge in [0.25, 0.3) is 0 Å². The van der Waals surface area contributed by atoms with Gasteiger partial charge in [0.15, 0.2) is 0 Å². The Morgan fingerprint density at radius 1 is 1.18 bits per heavy atom. The van der Waals surface area contributed by atoms with Crippen molar-refractivity contribution >= 4 is 51.8 Å². The second kappa shape index (κ2) is 10.9. The first-order valence-corrected chi connectivity index (χ1v) is 12.3. The van der Waals surface area contributed by atoms with E-state index in [9.17, 15) is 9.59 Å². The van der Waals surface area contributed by atoms with Gasteiger partial charge < -0.3 is 14.5 Å². The van der Waals surface area contributed by atoms with E-state index >= 15 is 0 Å². The number of rotatable bonds is 7. The molecule has 2 heterocycles. The monoisotopic (exact) mass is 506 g/mol. The molecule has 174 valence electrons. The zero-order chi connectivity index (χ0) is 23.4. The van der Waals surface area contributed by atoms with Crippen molar-refractivity contribution < 1.29 is 13.9 Å². The first-order valence-electron chi connectivity index (χ1n) is 10.6. The van der Waals surface area contributed by atoms with Crippen LogP contribution in [0.3, 0.4) is 0 Å². The van der Waals surface area contributed by atoms with Gasteiger partial charge in [0.2, 0.25) is 5.91 Å². The predicted octanol–water partition coefficient (Wildman–Crippen LogP) is 4.52. The van der Waals surface area contributed by atoms with Crippen LogP contribution in [-0.4, -0.2) is 48.9 Å². The molecule has 1 fully saturated rings. The number of morpholine rings is 1. The predicted molar refractivity (Wildman–Crippen MR) is 132 cm³/mol. The maximum Gasteiger partial charge on any atom is 0.336 e. The Hall–Kier alpha value is -2.03. The highest BCUT2D eigenvalue weighted by molar-refractivity contribution is 8.00. The molecule has 0 aliphatic carbocycles. The fourth-order valence-electron chi connectivity index (χ4n) is 3.77. The van der Waals surface area contributed by atoms with Gasteiger partial charge in [-0.25, -0.2) is 4.79 Å². The largest absolute Gasteiger partial charge is 0.423 e. The maximum atomic E-state index is 12.4. The number of amides is 1. The number of benzene rings is 2. The molecule has 0 radical (unpaired) electrons. The summed E-state index contributed by atoms with van der Waals surface area (Å²) in [7, 11) is 0. The minimum atomic E-state index is -0.374. The molecule has 3 aromatic rings. The zero-order valence-electron chi connectivity index (χ0n) is 18.1. The van der Waals surface area contributed by atoms with Crippen LogP contribution < -0.4 is 10.9 Å². The Morgan fingerprint density at radius 2 is 2.03 bits per heavy atom. The molecule has 1 atom stereocenters. The third kappa shape index (κ3) is 6.52. The van der Waals surface area contributed by atoms with Crippen LogP contribution >= 0.6 is 35.0 Å². The number of nitrogens with zero attached hydrogens (tertiary/aromatic N) is 1. The number of halogens is 2. The zero-order valence-corrected chi connectivity index (χ0v) is 20.4. The summed E-state index contributed by atoms with van der Waals surface area (Å²) >= 11 is 13.5. The summed E-state index contributed by atoms with van der Waals surface area (Å²) in [5, 5.41) is 4.94. The molecule has 1 saturated heterocycles. The summed E-state index contributed by atoms with van der Waals surface area (Å²) in [6.07, 6.45) is -0.0756. The van der Waals surface area contributed by atoms with E-state index in [1.54, 1.807) is 12.1 Å². The Bertz CT molecular complexity index is 1220. The normalized spacial score (nSPS) is 16.8. The fraction of sp³-hybridized carbons (Fsp3) is 0.333. The van der Waals surface area contributed by atoms with Crippen molar-refractivity contribution in [3.05, 3.63) is 74.1 Å². The average molecular weight is 507 g/mol. The molecule has 1 aromatic heterocycles. The lowest BCUT2D eigenvalue weighted by atomic mass is 10.1. The van der Waals surface area contributed by atoms with Crippen LogP contribution in [0.4, 0.5) is 0 Å². The summed E-state index contributed by atoms with van der Waals surface area (Å²) in [5.41, 5.74) is 2.12. The molecule has 9 heteroatoms. The number of carbonyl (C=O) groups is 1. The van der Waals surface area contributed by atoms with Gasteiger partial charge in [0.05, 0.1) is 28.5 Å². The highest BCUT2D eigenvalue weighted by atomic mass is 35.5. The van der Waals surface area contributed by atoms with Gasteiger partial charge in [-0.1, -0.05) is 29.3 Å². The van der Waals surface area contributed by atoms with Crippen molar-refractivity contribution in [2.24, 2.45) is 0 Å². The number of thioether (sulfide) groups is 1. The van der Waals surface area contributed by atoms with Crippen LogP contribution in [0.25, 0.3) is 11.0 Å². The first-order chi connectivity index (χ1) is 15.9. The summed E-state index contributed by atoms with van der Waals surface area (Å²) in [4.78, 5) is 27.1. The van der Waals surface area contributed by atoms with Crippen molar-refractivity contribution in [2.45, 2.75) is 24.5 Å². The third-order valence-electron chi connectivity index (χ3n) is 5.43. The van der Waals surface area contributed by atoms with E-state index in [0.717, 1.165) is 41.0 Å². The molecule has 1 amide bonds. The van der Waals surface area contributed by atoms with Crippen LogP contribution in [0.5, 0.6) is 0 Å². The van der Waals surface area contributed by atoms with E-state index in [-0.39, 0.29) is 23.4 Å². The van der Waals surface area contributed by atoms with E-state index < -0.39 is 0 Å². The molecule has 0 spiro atoms. The smallest absolute Gasteiger partial charge is 0.336 e. The van der Waals surface area contributed by atoms with Gasteiger partial charge in [-0.3, -0.25) is 9.69 Å². The van der Waals surface area contributed by atoms with Crippen LogP contribution in [0.2, 0.25) is 10.0 Å². The summed E-state index contributed by atoms with van der Waals surface area (Å²) < 4.78 is 11.1. The van der Waals surface area contributed by atoms with E-state index in [1.165, 1.54) is 17.8 Å². The van der Waals surface area contributed by atoms with E-state index in [4.69, 9.17) is 32.4 Å². The molecule has 4 rings (SSSR count). The number of aryl methyl sites for hydroxylation is 1. The highest BCUT2D eigenvalue weighted by Crippen LogP contribution is 2.25. The van der Waals surface area contributed by atoms with Crippen LogP contribution in [0, 0.1) is 6.92 Å². The Balaban J connectivity index is 1.25. The molecule has 33 heavy (non-hydrogen) atoms. The summed E-state index contributed by atoms with van der Waals surface area (Å²) in [6.45, 7) is 5.22. The molecule has 1 aliphatic rings. The average Bonchev–Trinajstić information content (AvgIpc) is 2.78. The van der Waals surface area contributed by atoms with Gasteiger partial charge in [-0.2, -0.15) is 0 Å². The van der Waals surface area contributed by atoms with Crippen molar-refractivity contribution in [1.29, 1.82) is 0 Å². The highest BCUT2D eigenvalue weighted by Gasteiger charge is 2.21. The number of carbonyl (C=O) groups excluding carboxylic acids is 1. The lowest BCUT2D eigenvalue weighted by Crippen LogP contribution is -2.47. The van der Waals surface area contributed by atoms with Gasteiger partial charge in [0, 0.05) is 42.5 Å². The number of hydrogen-bond acceptors (Lipinski definition) is 6. The first kappa shape index (κ1) is 24.1. The number of fused-ring (bicyclic) bond motifs is 1. The second-order valence-electron chi connectivity index (χ2n) is 7.98. The Labute approximate surface area is 206 Å². The van der Waals surface area contributed by atoms with E-state index in [2.05, 4.69) is 10.2 Å². The summed E-state index contributed by atoms with van der Waals surface area (Å²) in [6, 6.07) is 12.8. The minimum absolute atomic E-state index is 0.0731. The van der Waals surface area contributed by atoms with Crippen molar-refractivity contribution in [1.82, 2.24) is 10.2 Å². The van der Waals surface area contributed by atoms with Crippen LogP contribution in [0.15, 0.2) is 56.6 Å². The number of ether oxygens (including phenoxy) is 1. The van der Waals surface area contributed by atoms with E-state index in [1.807, 2.05) is 31.2 Å². The van der Waals surface area contributed by atoms with Gasteiger partial charge in [-0.05, 0) is 48.4 Å². The molecule has 1 N–H and O–H groups in total. The second-order valence-corrected chi connectivity index (χ2v) is 9.84. The van der Waals surface area contributed by atoms with Crippen LogP contribution in [-0.2, 0) is 16.1 Å². The Morgan fingerprint density at radius 3 is 2.85 bits per heavy atom. The standard InChI is InChI=1S/C24H24Cl2N2O4S/c1-15-8-24(30)32-22-10-18(3-4-19(15)22)33-14-23(29)27-11-17-13-28(6-7-31-17)12-16-2-5-20(25)21(26)9-16/h2-5,8-10,17H,6-7,11-14H2,1H3,(H,27,29). The molecule has 0 saturated carbocycles. The van der Waals surface area contributed by atoms with Crippen molar-refractivity contribution in [3.63, 3.8) is 0 Å². The molecular formula is C24H24Cl2N2O4S. The lowest BCUT2D eigenvalue weighted by molar-refractivity contribution is -0.119. The fourth-order valence-corrected chi connectivity index (χ4v) is 4.84. The lowest BCUT2D eigenvalue weighted by Gasteiger charge is -2.33. The van der Waals surface area contributed by atoms with Gasteiger partial charge in [0.1, 0.15) is 5.58 Å². The Kier molecular flexibility index (Phi) is 7.98. The van der Waals surface area contributed by atoms with E-state index in [0.29, 0.717) is 28.8 Å². The SMILES string of the molecule is Cc1cc(=O)oc2cc(SCC(=O)NCC3CN(Cc4ccc(Cl)c(Cl)c4)CCO3)ccc12. The topological polar surface area (TPSA) is 71.8 Å².